The molecule has 0 unspecified atom stereocenters. The standard InChI is InChI=1S/C29H37ClFN5O4/c1-15(2)36-23(11-35-16(3)12-40-13-17(35)4)18(5)28(38)20-7-6-19(25(31)27(20)36)26-21(30)10-32-29(34-26)33-22-8-9-39-14-24(22)37/h6-7,10,15-17,22,24,37H,8-9,11-14H2,1-5H3,(H,32,33,34)/t16-,17+,22-,24-/m1/s1. The zero-order valence-electron chi connectivity index (χ0n) is 23.6. The number of aromatic nitrogens is 3. The number of rotatable bonds is 6. The fourth-order valence-corrected chi connectivity index (χ4v) is 5.97. The van der Waals surface area contributed by atoms with Crippen molar-refractivity contribution in [2.75, 3.05) is 31.7 Å². The Hall–Kier alpha value is -2.63. The van der Waals surface area contributed by atoms with Gasteiger partial charge in [0, 0.05) is 53.5 Å². The summed E-state index contributed by atoms with van der Waals surface area (Å²) in [4.78, 5) is 24.7. The number of pyridine rings is 1. The maximum absolute atomic E-state index is 16.6. The van der Waals surface area contributed by atoms with Gasteiger partial charge in [-0.25, -0.2) is 14.4 Å². The van der Waals surface area contributed by atoms with Gasteiger partial charge in [0.1, 0.15) is 0 Å². The molecule has 4 atom stereocenters. The van der Waals surface area contributed by atoms with Gasteiger partial charge in [0.05, 0.1) is 54.4 Å². The van der Waals surface area contributed by atoms with E-state index in [9.17, 15) is 9.90 Å². The van der Waals surface area contributed by atoms with Crippen molar-refractivity contribution in [2.45, 2.75) is 77.9 Å². The fourth-order valence-electron chi connectivity index (χ4n) is 5.78. The average molecular weight is 574 g/mol. The molecule has 0 aliphatic carbocycles. The van der Waals surface area contributed by atoms with Gasteiger partial charge in [-0.3, -0.25) is 9.69 Å². The highest BCUT2D eigenvalue weighted by molar-refractivity contribution is 6.33. The molecule has 1 aromatic carbocycles. The van der Waals surface area contributed by atoms with Crippen LogP contribution >= 0.6 is 11.6 Å². The normalized spacial score (nSPS) is 24.1. The number of anilines is 1. The first kappa shape index (κ1) is 28.9. The Morgan fingerprint density at radius 3 is 2.60 bits per heavy atom. The third-order valence-electron chi connectivity index (χ3n) is 8.01. The second-order valence-corrected chi connectivity index (χ2v) is 11.6. The van der Waals surface area contributed by atoms with Crippen LogP contribution in [0.3, 0.4) is 0 Å². The first-order chi connectivity index (χ1) is 19.1. The summed E-state index contributed by atoms with van der Waals surface area (Å²) in [5, 5.41) is 13.9. The van der Waals surface area contributed by atoms with Crippen molar-refractivity contribution in [2.24, 2.45) is 0 Å². The van der Waals surface area contributed by atoms with E-state index >= 15 is 4.39 Å². The molecule has 0 radical (unpaired) electrons. The Morgan fingerprint density at radius 1 is 1.20 bits per heavy atom. The average Bonchev–Trinajstić information content (AvgIpc) is 2.91. The zero-order chi connectivity index (χ0) is 28.7. The zero-order valence-corrected chi connectivity index (χ0v) is 24.3. The summed E-state index contributed by atoms with van der Waals surface area (Å²) in [5.41, 5.74) is 1.82. The molecule has 2 saturated heterocycles. The molecule has 40 heavy (non-hydrogen) atoms. The van der Waals surface area contributed by atoms with Gasteiger partial charge in [0.25, 0.3) is 0 Å². The van der Waals surface area contributed by atoms with Gasteiger partial charge in [-0.1, -0.05) is 11.6 Å². The van der Waals surface area contributed by atoms with Crippen molar-refractivity contribution in [3.05, 3.63) is 50.7 Å². The molecule has 0 amide bonds. The number of fused-ring (bicyclic) bond motifs is 1. The Labute approximate surface area is 238 Å². The highest BCUT2D eigenvalue weighted by Crippen LogP contribution is 2.34. The SMILES string of the molecule is Cc1c(CN2[C@H](C)COC[C@@H]2C)n(C(C)C)c2c(F)c(-c3nc(N[C@@H]4CCOC[C@H]4O)ncc3Cl)ccc2c1=O. The second-order valence-electron chi connectivity index (χ2n) is 11.2. The monoisotopic (exact) mass is 573 g/mol. The van der Waals surface area contributed by atoms with Gasteiger partial charge in [-0.05, 0) is 53.2 Å². The molecule has 0 bridgehead atoms. The molecule has 0 saturated carbocycles. The van der Waals surface area contributed by atoms with E-state index in [4.69, 9.17) is 21.1 Å². The number of nitrogens with zero attached hydrogens (tertiary/aromatic N) is 4. The molecule has 2 N–H and O–H groups in total. The lowest BCUT2D eigenvalue weighted by Gasteiger charge is -2.39. The molecule has 2 fully saturated rings. The Morgan fingerprint density at radius 2 is 1.93 bits per heavy atom. The lowest BCUT2D eigenvalue weighted by Crippen LogP contribution is -2.49. The molecule has 4 heterocycles. The molecule has 216 valence electrons. The third-order valence-corrected chi connectivity index (χ3v) is 8.28. The van der Waals surface area contributed by atoms with Crippen LogP contribution in [-0.4, -0.2) is 75.2 Å². The van der Waals surface area contributed by atoms with E-state index in [-0.39, 0.29) is 63.9 Å². The van der Waals surface area contributed by atoms with Crippen molar-refractivity contribution in [3.8, 4) is 11.3 Å². The molecule has 2 aliphatic rings. The smallest absolute Gasteiger partial charge is 0.223 e. The molecule has 11 heteroatoms. The van der Waals surface area contributed by atoms with Crippen LogP contribution in [0.5, 0.6) is 0 Å². The van der Waals surface area contributed by atoms with Crippen molar-refractivity contribution >= 4 is 28.5 Å². The van der Waals surface area contributed by atoms with Crippen molar-refractivity contribution in [1.82, 2.24) is 19.4 Å². The maximum atomic E-state index is 16.6. The number of ether oxygens (including phenoxy) is 2. The van der Waals surface area contributed by atoms with Gasteiger partial charge < -0.3 is 24.5 Å². The Balaban J connectivity index is 1.64. The summed E-state index contributed by atoms with van der Waals surface area (Å²) in [5.74, 6) is -0.337. The van der Waals surface area contributed by atoms with E-state index in [1.165, 1.54) is 6.20 Å². The summed E-state index contributed by atoms with van der Waals surface area (Å²) in [6.07, 6.45) is 1.28. The lowest BCUT2D eigenvalue weighted by molar-refractivity contribution is -0.0421. The van der Waals surface area contributed by atoms with E-state index in [0.29, 0.717) is 43.7 Å². The number of hydrogen-bond acceptors (Lipinski definition) is 8. The van der Waals surface area contributed by atoms with E-state index in [1.807, 2.05) is 25.3 Å². The number of hydrogen-bond donors (Lipinski definition) is 2. The van der Waals surface area contributed by atoms with E-state index in [2.05, 4.69) is 34.0 Å². The number of halogens is 2. The van der Waals surface area contributed by atoms with Gasteiger partial charge >= 0.3 is 0 Å². The van der Waals surface area contributed by atoms with E-state index in [1.54, 1.807) is 12.1 Å². The number of morpholine rings is 1. The summed E-state index contributed by atoms with van der Waals surface area (Å²) >= 11 is 6.50. The van der Waals surface area contributed by atoms with Gasteiger partial charge in [-0.2, -0.15) is 0 Å². The molecular weight excluding hydrogens is 537 g/mol. The topological polar surface area (TPSA) is 102 Å². The Kier molecular flexibility index (Phi) is 8.45. The summed E-state index contributed by atoms with van der Waals surface area (Å²) in [6, 6.07) is 3.10. The minimum Gasteiger partial charge on any atom is -0.389 e. The molecule has 2 aromatic heterocycles. The van der Waals surface area contributed by atoms with Gasteiger partial charge in [-0.15, -0.1) is 0 Å². The first-order valence-corrected chi connectivity index (χ1v) is 14.2. The summed E-state index contributed by atoms with van der Waals surface area (Å²) < 4.78 is 29.6. The first-order valence-electron chi connectivity index (χ1n) is 13.8. The van der Waals surface area contributed by atoms with Crippen LogP contribution in [-0.2, 0) is 16.0 Å². The molecule has 2 aliphatic heterocycles. The highest BCUT2D eigenvalue weighted by Gasteiger charge is 2.30. The number of aliphatic hydroxyl groups is 1. The lowest BCUT2D eigenvalue weighted by atomic mass is 10.0. The van der Waals surface area contributed by atoms with E-state index < -0.39 is 11.9 Å². The minimum atomic E-state index is -0.715. The van der Waals surface area contributed by atoms with Crippen molar-refractivity contribution < 1.29 is 19.0 Å². The Bertz CT molecular complexity index is 1450. The molecule has 0 spiro atoms. The molecule has 9 nitrogen and oxygen atoms in total. The van der Waals surface area contributed by atoms with Crippen LogP contribution in [0.25, 0.3) is 22.2 Å². The molecule has 3 aromatic rings. The number of nitrogens with one attached hydrogen (secondary N) is 1. The predicted molar refractivity (Wildman–Crippen MR) is 153 cm³/mol. The minimum absolute atomic E-state index is 0.124. The van der Waals surface area contributed by atoms with Gasteiger partial charge in [0.15, 0.2) is 11.2 Å². The quantitative estimate of drug-likeness (QED) is 0.450. The van der Waals surface area contributed by atoms with Crippen LogP contribution in [0, 0.1) is 12.7 Å². The van der Waals surface area contributed by atoms with E-state index in [0.717, 1.165) is 5.69 Å². The molecule has 5 rings (SSSR count). The van der Waals surface area contributed by atoms with Crippen LogP contribution < -0.4 is 10.7 Å². The predicted octanol–water partition coefficient (Wildman–Crippen LogP) is 4.31. The number of benzene rings is 1. The van der Waals surface area contributed by atoms with Crippen LogP contribution in [0.4, 0.5) is 10.3 Å². The van der Waals surface area contributed by atoms with Crippen molar-refractivity contribution in [1.29, 1.82) is 0 Å². The largest absolute Gasteiger partial charge is 0.389 e. The molecular formula is C29H37ClFN5O4. The summed E-state index contributed by atoms with van der Waals surface area (Å²) in [6.45, 7) is 12.4. The highest BCUT2D eigenvalue weighted by atomic mass is 35.5. The van der Waals surface area contributed by atoms with Crippen LogP contribution in [0.15, 0.2) is 23.1 Å². The summed E-state index contributed by atoms with van der Waals surface area (Å²) in [7, 11) is 0. The van der Waals surface area contributed by atoms with Crippen LogP contribution in [0.1, 0.15) is 51.4 Å². The third kappa shape index (κ3) is 5.35. The number of aliphatic hydroxyl groups excluding tert-OH is 1. The fraction of sp³-hybridized carbons (Fsp3) is 0.552. The van der Waals surface area contributed by atoms with Crippen LogP contribution in [0.2, 0.25) is 5.02 Å². The second kappa shape index (κ2) is 11.7. The van der Waals surface area contributed by atoms with Crippen molar-refractivity contribution in [3.63, 3.8) is 0 Å². The van der Waals surface area contributed by atoms with Gasteiger partial charge in [0.2, 0.25) is 5.95 Å². The maximum Gasteiger partial charge on any atom is 0.223 e.